The first-order chi connectivity index (χ1) is 10.7. The average molecular weight is 333 g/mol. The number of H-pyrrole nitrogens is 1. The Bertz CT molecular complexity index is 892. The van der Waals surface area contributed by atoms with Crippen LogP contribution in [0.5, 0.6) is 0 Å². The lowest BCUT2D eigenvalue weighted by Crippen LogP contribution is -2.32. The monoisotopic (exact) mass is 333 g/mol. The summed E-state index contributed by atoms with van der Waals surface area (Å²) in [5.41, 5.74) is -0.184. The first-order valence-corrected chi connectivity index (χ1v) is 7.12. The summed E-state index contributed by atoms with van der Waals surface area (Å²) in [7, 11) is 0. The Hall–Kier alpha value is -2.68. The van der Waals surface area contributed by atoms with Crippen molar-refractivity contribution >= 4 is 24.1 Å². The maximum absolute atomic E-state index is 12.4. The zero-order valence-corrected chi connectivity index (χ0v) is 13.6. The van der Waals surface area contributed by atoms with Crippen LogP contribution in [0.25, 0.3) is 0 Å². The maximum atomic E-state index is 12.4. The van der Waals surface area contributed by atoms with Gasteiger partial charge in [0.05, 0.1) is 11.1 Å². The van der Waals surface area contributed by atoms with Gasteiger partial charge in [0.2, 0.25) is 4.77 Å². The Morgan fingerprint density at radius 3 is 2.74 bits per heavy atom. The Balaban J connectivity index is 2.48. The third-order valence-corrected chi connectivity index (χ3v) is 3.23. The van der Waals surface area contributed by atoms with E-state index in [2.05, 4.69) is 15.3 Å². The van der Waals surface area contributed by atoms with Gasteiger partial charge in [0.25, 0.3) is 11.2 Å². The van der Waals surface area contributed by atoms with Crippen LogP contribution in [0.4, 0.5) is 5.69 Å². The van der Waals surface area contributed by atoms with E-state index in [1.54, 1.807) is 6.07 Å². The lowest BCUT2D eigenvalue weighted by Gasteiger charge is -2.16. The van der Waals surface area contributed by atoms with Crippen LogP contribution in [0, 0.1) is 14.9 Å². The summed E-state index contributed by atoms with van der Waals surface area (Å²) in [6, 6.07) is 5.91. The van der Waals surface area contributed by atoms with E-state index in [0.29, 0.717) is 11.3 Å². The number of nitrogens with one attached hydrogen (secondary N) is 1. The Morgan fingerprint density at radius 2 is 2.13 bits per heavy atom. The Morgan fingerprint density at radius 1 is 1.43 bits per heavy atom. The van der Waals surface area contributed by atoms with E-state index in [1.807, 2.05) is 20.8 Å². The van der Waals surface area contributed by atoms with Crippen molar-refractivity contribution in [2.45, 2.75) is 26.2 Å². The molecule has 0 fully saturated rings. The smallest absolute Gasteiger partial charge is 0.265 e. The van der Waals surface area contributed by atoms with Crippen molar-refractivity contribution in [1.82, 2.24) is 14.9 Å². The largest absolute Gasteiger partial charge is 0.297 e. The highest BCUT2D eigenvalue weighted by Gasteiger charge is 2.21. The van der Waals surface area contributed by atoms with Crippen molar-refractivity contribution in [1.29, 1.82) is 0 Å². The van der Waals surface area contributed by atoms with E-state index in [0.717, 1.165) is 4.68 Å². The molecule has 1 aromatic carbocycles. The molecule has 0 saturated heterocycles. The molecule has 1 aromatic heterocycles. The van der Waals surface area contributed by atoms with Gasteiger partial charge in [0, 0.05) is 23.1 Å². The summed E-state index contributed by atoms with van der Waals surface area (Å²) in [6.45, 7) is 5.55. The minimum Gasteiger partial charge on any atom is -0.265 e. The molecule has 8 nitrogen and oxygen atoms in total. The minimum atomic E-state index is -0.500. The van der Waals surface area contributed by atoms with Gasteiger partial charge < -0.3 is 0 Å². The molecule has 0 atom stereocenters. The summed E-state index contributed by atoms with van der Waals surface area (Å²) in [5.74, 6) is 0. The molecule has 0 aliphatic heterocycles. The highest BCUT2D eigenvalue weighted by Crippen LogP contribution is 2.15. The summed E-state index contributed by atoms with van der Waals surface area (Å²) in [6.07, 6.45) is 1.34. The third kappa shape index (κ3) is 3.75. The molecule has 0 spiro atoms. The minimum absolute atomic E-state index is 0.0460. The third-order valence-electron chi connectivity index (χ3n) is 2.96. The van der Waals surface area contributed by atoms with Crippen LogP contribution in [0.3, 0.4) is 0 Å². The molecule has 2 aromatic rings. The van der Waals surface area contributed by atoms with Crippen molar-refractivity contribution < 1.29 is 4.92 Å². The van der Waals surface area contributed by atoms with Crippen LogP contribution in [0.15, 0.2) is 34.2 Å². The van der Waals surface area contributed by atoms with Gasteiger partial charge in [0.15, 0.2) is 0 Å². The second-order valence-corrected chi connectivity index (χ2v) is 6.23. The molecular formula is C14H15N5O3S. The van der Waals surface area contributed by atoms with Crippen molar-refractivity contribution in [3.05, 3.63) is 60.8 Å². The zero-order chi connectivity index (χ0) is 17.2. The van der Waals surface area contributed by atoms with Gasteiger partial charge in [-0.2, -0.15) is 14.9 Å². The number of nitro groups is 1. The van der Waals surface area contributed by atoms with Crippen molar-refractivity contribution in [2.24, 2.45) is 5.10 Å². The van der Waals surface area contributed by atoms with Crippen molar-refractivity contribution in [3.8, 4) is 0 Å². The highest BCUT2D eigenvalue weighted by molar-refractivity contribution is 7.71. The second kappa shape index (κ2) is 6.21. The molecule has 0 bridgehead atoms. The molecule has 0 radical (unpaired) electrons. The molecule has 0 amide bonds. The number of non-ortho nitro benzene ring substituents is 1. The zero-order valence-electron chi connectivity index (χ0n) is 12.8. The summed E-state index contributed by atoms with van der Waals surface area (Å²) >= 11 is 5.03. The molecule has 2 rings (SSSR count). The molecule has 9 heteroatoms. The molecule has 0 aliphatic carbocycles. The van der Waals surface area contributed by atoms with Crippen LogP contribution < -0.4 is 5.56 Å². The molecule has 0 unspecified atom stereocenters. The number of hydrogen-bond acceptors (Lipinski definition) is 6. The number of nitro benzene ring substituents is 1. The van der Waals surface area contributed by atoms with E-state index in [9.17, 15) is 14.9 Å². The maximum Gasteiger partial charge on any atom is 0.297 e. The van der Waals surface area contributed by atoms with E-state index < -0.39 is 15.9 Å². The van der Waals surface area contributed by atoms with Crippen molar-refractivity contribution in [2.75, 3.05) is 0 Å². The quantitative estimate of drug-likeness (QED) is 0.402. The predicted molar refractivity (Wildman–Crippen MR) is 88.5 cm³/mol. The van der Waals surface area contributed by atoms with E-state index in [-0.39, 0.29) is 10.5 Å². The van der Waals surface area contributed by atoms with Gasteiger partial charge in [-0.25, -0.2) is 0 Å². The molecule has 0 saturated carbocycles. The highest BCUT2D eigenvalue weighted by atomic mass is 32.1. The Labute approximate surface area is 136 Å². The number of aromatic nitrogens is 3. The lowest BCUT2D eigenvalue weighted by molar-refractivity contribution is -0.384. The summed E-state index contributed by atoms with van der Waals surface area (Å²) < 4.78 is 1.06. The number of rotatable bonds is 3. The van der Waals surface area contributed by atoms with Crippen LogP contribution in [0.2, 0.25) is 0 Å². The van der Waals surface area contributed by atoms with Crippen molar-refractivity contribution in [3.63, 3.8) is 0 Å². The van der Waals surface area contributed by atoms with Crippen LogP contribution >= 0.6 is 12.2 Å². The lowest BCUT2D eigenvalue weighted by atomic mass is 9.93. The summed E-state index contributed by atoms with van der Waals surface area (Å²) in [5, 5.41) is 21.4. The first kappa shape index (κ1) is 16.7. The molecule has 1 heterocycles. The molecule has 1 N–H and O–H groups in total. The van der Waals surface area contributed by atoms with Gasteiger partial charge in [-0.3, -0.25) is 20.0 Å². The first-order valence-electron chi connectivity index (χ1n) is 6.71. The normalized spacial score (nSPS) is 11.8. The standard InChI is InChI=1S/C14H15N5O3S/c1-14(2,3)11-12(20)18(13(23)17-16-11)15-8-9-5-4-6-10(7-9)19(21)22/h4-8H,1-3H3,(H,17,23)/b15-8-. The fourth-order valence-corrected chi connectivity index (χ4v) is 2.00. The van der Waals surface area contributed by atoms with Crippen LogP contribution in [-0.2, 0) is 5.41 Å². The molecular weight excluding hydrogens is 318 g/mol. The average Bonchev–Trinajstić information content (AvgIpc) is 2.45. The molecule has 0 aliphatic rings. The van der Waals surface area contributed by atoms with E-state index in [4.69, 9.17) is 12.2 Å². The van der Waals surface area contributed by atoms with Gasteiger partial charge >= 0.3 is 0 Å². The Kier molecular flexibility index (Phi) is 4.50. The number of benzene rings is 1. The van der Waals surface area contributed by atoms with Crippen LogP contribution in [-0.4, -0.2) is 26.0 Å². The van der Waals surface area contributed by atoms with Crippen LogP contribution in [0.1, 0.15) is 32.0 Å². The number of hydrogen-bond donors (Lipinski definition) is 1. The fraction of sp³-hybridized carbons (Fsp3) is 0.286. The van der Waals surface area contributed by atoms with E-state index >= 15 is 0 Å². The van der Waals surface area contributed by atoms with Gasteiger partial charge in [0.1, 0.15) is 5.69 Å². The van der Waals surface area contributed by atoms with Gasteiger partial charge in [-0.05, 0) is 12.2 Å². The SMILES string of the molecule is CC(C)(C)c1n[nH]c(=S)n(/N=C\c2cccc([N+](=O)[O-])c2)c1=O. The van der Waals surface area contributed by atoms with E-state index in [1.165, 1.54) is 24.4 Å². The fourth-order valence-electron chi connectivity index (χ4n) is 1.83. The van der Waals surface area contributed by atoms with Gasteiger partial charge in [-0.1, -0.05) is 32.9 Å². The second-order valence-electron chi connectivity index (χ2n) is 5.84. The van der Waals surface area contributed by atoms with Gasteiger partial charge in [-0.15, -0.1) is 0 Å². The topological polar surface area (TPSA) is 106 Å². The predicted octanol–water partition coefficient (Wildman–Crippen LogP) is 2.39. The molecule has 120 valence electrons. The number of aromatic amines is 1. The summed E-state index contributed by atoms with van der Waals surface area (Å²) in [4.78, 5) is 22.7. The molecule has 23 heavy (non-hydrogen) atoms. The number of nitrogens with zero attached hydrogens (tertiary/aromatic N) is 4.